The number of benzene rings is 3. The number of piperidine rings is 2. The number of Topliss-reactive ketones (excluding diaryl/α,β-unsaturated/α-hetero) is 1. The molecule has 4 heterocycles. The number of aliphatic hydroxyl groups is 1. The largest absolute Gasteiger partial charge is 0.493 e. The van der Waals surface area contributed by atoms with Crippen molar-refractivity contribution in [3.63, 3.8) is 0 Å². The van der Waals surface area contributed by atoms with Crippen LogP contribution < -0.4 is 9.47 Å². The van der Waals surface area contributed by atoms with E-state index in [4.69, 9.17) is 18.9 Å². The Morgan fingerprint density at radius 1 is 0.920 bits per heavy atom. The van der Waals surface area contributed by atoms with E-state index in [9.17, 15) is 14.7 Å². The van der Waals surface area contributed by atoms with Gasteiger partial charge in [-0.25, -0.2) is 0 Å². The van der Waals surface area contributed by atoms with Gasteiger partial charge >= 0.3 is 5.97 Å². The van der Waals surface area contributed by atoms with E-state index in [1.54, 1.807) is 14.2 Å². The Hall–Kier alpha value is -3.76. The van der Waals surface area contributed by atoms with Crippen LogP contribution in [0.5, 0.6) is 11.5 Å². The maximum Gasteiger partial charge on any atom is 0.316 e. The van der Waals surface area contributed by atoms with Crippen LogP contribution in [0, 0.1) is 11.8 Å². The molecule has 3 aromatic rings. The third-order valence-corrected chi connectivity index (χ3v) is 11.6. The lowest BCUT2D eigenvalue weighted by Gasteiger charge is -2.38. The number of ketones is 1. The summed E-state index contributed by atoms with van der Waals surface area (Å²) >= 11 is 0. The van der Waals surface area contributed by atoms with Crippen LogP contribution in [0.3, 0.4) is 0 Å². The van der Waals surface area contributed by atoms with Gasteiger partial charge in [0.05, 0.1) is 20.8 Å². The third-order valence-electron chi connectivity index (χ3n) is 11.6. The quantitative estimate of drug-likeness (QED) is 0.226. The number of fused-ring (bicyclic) bond motifs is 6. The Morgan fingerprint density at radius 3 is 2.16 bits per heavy atom. The van der Waals surface area contributed by atoms with Gasteiger partial charge in [-0.1, -0.05) is 60.7 Å². The molecule has 1 N–H and O–H groups in total. The standard InChI is InChI=1S/C24H29NO3.C17H21NO4/c1-27-22-14-19-13-20(24(26)21(19)15-23(22)28-2)12-17-8-10-25(11-9-17)16-18-6-4-3-5-7-18;1-18-13-7-11(8-14(18)16-15(13)22-16)21-17(20)12(9-19)10-5-3-2-4-6-10/h3-7,14-15,17,20H,8-13,16H2,1-2H3;2-6,11-16,19H,7-9H2,1H3/t;11-,12-,13-,14+,15-,16+/m.1/s1. The summed E-state index contributed by atoms with van der Waals surface area (Å²) < 4.78 is 22.1. The Kier molecular flexibility index (Phi) is 10.6. The molecule has 5 aliphatic rings. The molecular formula is C41H50N2O7. The van der Waals surface area contributed by atoms with E-state index < -0.39 is 5.92 Å². The molecule has 4 fully saturated rings. The van der Waals surface area contributed by atoms with Crippen LogP contribution >= 0.6 is 0 Å². The number of carbonyl (C=O) groups is 2. The Balaban J connectivity index is 0.000000161. The van der Waals surface area contributed by atoms with Crippen molar-refractivity contribution in [2.45, 2.75) is 81.4 Å². The highest BCUT2D eigenvalue weighted by molar-refractivity contribution is 6.02. The number of nitrogens with zero attached hydrogens (tertiary/aromatic N) is 2. The molecular weight excluding hydrogens is 632 g/mol. The third kappa shape index (κ3) is 7.33. The Bertz CT molecular complexity index is 1610. The molecule has 266 valence electrons. The van der Waals surface area contributed by atoms with Crippen LogP contribution in [0.1, 0.15) is 65.1 Å². The minimum absolute atomic E-state index is 0.0622. The number of aliphatic hydroxyl groups excluding tert-OH is 1. The van der Waals surface area contributed by atoms with Gasteiger partial charge < -0.3 is 24.1 Å². The minimum atomic E-state index is -0.593. The van der Waals surface area contributed by atoms with Gasteiger partial charge in [0.1, 0.15) is 24.2 Å². The number of hydrogen-bond donors (Lipinski definition) is 1. The van der Waals surface area contributed by atoms with Crippen molar-refractivity contribution in [2.24, 2.45) is 11.8 Å². The molecule has 7 atom stereocenters. The predicted octanol–water partition coefficient (Wildman–Crippen LogP) is 5.28. The first-order valence-corrected chi connectivity index (χ1v) is 18.2. The number of morpholine rings is 1. The molecule has 0 spiro atoms. The van der Waals surface area contributed by atoms with Crippen LogP contribution in [-0.2, 0) is 27.2 Å². The molecule has 8 rings (SSSR count). The molecule has 4 aliphatic heterocycles. The summed E-state index contributed by atoms with van der Waals surface area (Å²) in [5.74, 6) is 1.47. The maximum absolute atomic E-state index is 12.9. The number of epoxide rings is 1. The SMILES string of the molecule is CN1[C@@H]2C[C@@H](OC(=O)[C@H](CO)c3ccccc3)C[C@H]1[C@@H]1O[C@@H]12.COc1cc2c(cc1OC)C(=O)C(CC1CCN(Cc3ccccc3)CC1)C2. The van der Waals surface area contributed by atoms with Crippen LogP contribution in [0.15, 0.2) is 72.8 Å². The summed E-state index contributed by atoms with van der Waals surface area (Å²) in [6, 6.07) is 24.6. The minimum Gasteiger partial charge on any atom is -0.493 e. The van der Waals surface area contributed by atoms with E-state index in [1.165, 1.54) is 18.4 Å². The molecule has 0 radical (unpaired) electrons. The number of carbonyl (C=O) groups excluding carboxylic acids is 2. The zero-order valence-corrected chi connectivity index (χ0v) is 29.4. The fourth-order valence-corrected chi connectivity index (χ4v) is 8.76. The molecule has 50 heavy (non-hydrogen) atoms. The van der Waals surface area contributed by atoms with Gasteiger partial charge in [0, 0.05) is 43.0 Å². The van der Waals surface area contributed by atoms with Gasteiger partial charge in [0.2, 0.25) is 0 Å². The highest BCUT2D eigenvalue weighted by atomic mass is 16.6. The van der Waals surface area contributed by atoms with E-state index in [0.717, 1.165) is 62.0 Å². The fraction of sp³-hybridized carbons (Fsp3) is 0.512. The van der Waals surface area contributed by atoms with Crippen molar-refractivity contribution in [1.29, 1.82) is 0 Å². The summed E-state index contributed by atoms with van der Waals surface area (Å²) in [5, 5.41) is 9.56. The molecule has 2 bridgehead atoms. The second kappa shape index (κ2) is 15.2. The molecule has 1 unspecified atom stereocenters. The van der Waals surface area contributed by atoms with Gasteiger partial charge in [-0.2, -0.15) is 0 Å². The fourth-order valence-electron chi connectivity index (χ4n) is 8.76. The molecule has 9 heteroatoms. The second-order valence-electron chi connectivity index (χ2n) is 14.6. The lowest BCUT2D eigenvalue weighted by Crippen LogP contribution is -2.48. The average molecular weight is 683 g/mol. The lowest BCUT2D eigenvalue weighted by atomic mass is 9.85. The Labute approximate surface area is 295 Å². The first-order chi connectivity index (χ1) is 24.4. The molecule has 0 aromatic heterocycles. The zero-order chi connectivity index (χ0) is 34.8. The summed E-state index contributed by atoms with van der Waals surface area (Å²) in [6.45, 7) is 3.04. The second-order valence-corrected chi connectivity index (χ2v) is 14.6. The van der Waals surface area contributed by atoms with Crippen LogP contribution in [0.25, 0.3) is 0 Å². The highest BCUT2D eigenvalue weighted by Crippen LogP contribution is 2.48. The molecule has 3 aromatic carbocycles. The predicted molar refractivity (Wildman–Crippen MR) is 190 cm³/mol. The summed E-state index contributed by atoms with van der Waals surface area (Å²) in [4.78, 5) is 30.3. The maximum atomic E-state index is 12.9. The number of ether oxygens (including phenoxy) is 4. The number of likely N-dealkylation sites (tertiary alicyclic amines) is 1. The molecule has 9 nitrogen and oxygen atoms in total. The van der Waals surface area contributed by atoms with Crippen molar-refractivity contribution in [1.82, 2.24) is 9.80 Å². The lowest BCUT2D eigenvalue weighted by molar-refractivity contribution is -0.156. The van der Waals surface area contributed by atoms with E-state index in [1.807, 2.05) is 42.5 Å². The van der Waals surface area contributed by atoms with Crippen molar-refractivity contribution < 1.29 is 33.6 Å². The zero-order valence-electron chi connectivity index (χ0n) is 29.4. The van der Waals surface area contributed by atoms with E-state index in [0.29, 0.717) is 41.7 Å². The van der Waals surface area contributed by atoms with Gasteiger partial charge in [-0.3, -0.25) is 19.4 Å². The van der Waals surface area contributed by atoms with E-state index >= 15 is 0 Å². The molecule has 4 saturated heterocycles. The smallest absolute Gasteiger partial charge is 0.316 e. The number of esters is 1. The van der Waals surface area contributed by atoms with Gasteiger partial charge in [-0.15, -0.1) is 0 Å². The highest BCUT2D eigenvalue weighted by Gasteiger charge is 2.62. The topological polar surface area (TPSA) is 101 Å². The van der Waals surface area contributed by atoms with Gasteiger partial charge in [0.15, 0.2) is 17.3 Å². The van der Waals surface area contributed by atoms with Gasteiger partial charge in [-0.05, 0) is 80.6 Å². The normalized spacial score (nSPS) is 27.8. The molecule has 0 amide bonds. The van der Waals surface area contributed by atoms with Crippen LogP contribution in [-0.4, -0.2) is 98.0 Å². The first kappa shape index (κ1) is 34.7. The summed E-state index contributed by atoms with van der Waals surface area (Å²) in [7, 11) is 5.38. The van der Waals surface area contributed by atoms with Crippen molar-refractivity contribution >= 4 is 11.8 Å². The van der Waals surface area contributed by atoms with Crippen molar-refractivity contribution in [3.05, 3.63) is 95.1 Å². The van der Waals surface area contributed by atoms with Gasteiger partial charge in [0.25, 0.3) is 0 Å². The molecule has 0 saturated carbocycles. The van der Waals surface area contributed by atoms with E-state index in [-0.39, 0.29) is 30.4 Å². The number of rotatable bonds is 10. The van der Waals surface area contributed by atoms with E-state index in [2.05, 4.69) is 47.2 Å². The van der Waals surface area contributed by atoms with Crippen molar-refractivity contribution in [3.8, 4) is 11.5 Å². The van der Waals surface area contributed by atoms with Crippen molar-refractivity contribution in [2.75, 3.05) is 41.0 Å². The molecule has 1 aliphatic carbocycles. The number of hydrogen-bond acceptors (Lipinski definition) is 9. The Morgan fingerprint density at radius 2 is 1.54 bits per heavy atom. The first-order valence-electron chi connectivity index (χ1n) is 18.2. The number of likely N-dealkylation sites (N-methyl/N-ethyl adjacent to an activating group) is 1. The number of methoxy groups -OCH3 is 2. The average Bonchev–Trinajstić information content (AvgIpc) is 3.85. The van der Waals surface area contributed by atoms with Crippen LogP contribution in [0.4, 0.5) is 0 Å². The summed E-state index contributed by atoms with van der Waals surface area (Å²) in [6.07, 6.45) is 6.45. The van der Waals surface area contributed by atoms with Crippen LogP contribution in [0.2, 0.25) is 0 Å². The summed E-state index contributed by atoms with van der Waals surface area (Å²) in [5.41, 5.74) is 4.11. The monoisotopic (exact) mass is 682 g/mol.